The third-order valence-electron chi connectivity index (χ3n) is 5.33. The van der Waals surface area contributed by atoms with Gasteiger partial charge in [-0.15, -0.1) is 0 Å². The molecular formula is C26H20ClNO5. The average molecular weight is 462 g/mol. The van der Waals surface area contributed by atoms with E-state index < -0.39 is 23.7 Å². The van der Waals surface area contributed by atoms with Gasteiger partial charge in [0.15, 0.2) is 0 Å². The van der Waals surface area contributed by atoms with E-state index >= 15 is 0 Å². The number of hydrogen-bond acceptors (Lipinski definition) is 5. The van der Waals surface area contributed by atoms with Crippen molar-refractivity contribution in [3.8, 4) is 0 Å². The first-order valence-electron chi connectivity index (χ1n) is 10.3. The summed E-state index contributed by atoms with van der Waals surface area (Å²) >= 11 is 6.04. The van der Waals surface area contributed by atoms with E-state index in [1.165, 1.54) is 17.0 Å². The number of benzene rings is 3. The van der Waals surface area contributed by atoms with Gasteiger partial charge >= 0.3 is 5.97 Å². The van der Waals surface area contributed by atoms with Gasteiger partial charge in [-0.3, -0.25) is 14.5 Å². The summed E-state index contributed by atoms with van der Waals surface area (Å²) < 4.78 is 5.00. The van der Waals surface area contributed by atoms with E-state index in [1.54, 1.807) is 73.7 Å². The predicted octanol–water partition coefficient (Wildman–Crippen LogP) is 5.14. The van der Waals surface area contributed by atoms with Gasteiger partial charge in [-0.2, -0.15) is 0 Å². The molecule has 3 aromatic rings. The van der Waals surface area contributed by atoms with Crippen LogP contribution >= 0.6 is 11.6 Å². The number of carbonyl (C=O) groups excluding carboxylic acids is 3. The summed E-state index contributed by atoms with van der Waals surface area (Å²) in [6.07, 6.45) is 0. The fourth-order valence-electron chi connectivity index (χ4n) is 3.78. The zero-order valence-electron chi connectivity index (χ0n) is 17.7. The number of esters is 1. The van der Waals surface area contributed by atoms with E-state index in [-0.39, 0.29) is 17.9 Å². The number of nitrogens with zero attached hydrogens (tertiary/aromatic N) is 1. The SMILES string of the molecule is CCOC(=O)c1ccc(N2C(=O)C(=O)/C(=C(\O)c3ccccc3)C2c2ccc(Cl)cc2)cc1. The molecule has 7 heteroatoms. The lowest BCUT2D eigenvalue weighted by atomic mass is 9.95. The number of ketones is 1. The maximum atomic E-state index is 13.1. The van der Waals surface area contributed by atoms with Gasteiger partial charge in [0.25, 0.3) is 11.7 Å². The van der Waals surface area contributed by atoms with Gasteiger partial charge in [0.05, 0.1) is 23.8 Å². The smallest absolute Gasteiger partial charge is 0.338 e. The summed E-state index contributed by atoms with van der Waals surface area (Å²) in [6, 6.07) is 20.6. The van der Waals surface area contributed by atoms with E-state index in [1.807, 2.05) is 0 Å². The second-order valence-corrected chi connectivity index (χ2v) is 7.79. The van der Waals surface area contributed by atoms with Crippen molar-refractivity contribution in [3.63, 3.8) is 0 Å². The molecule has 166 valence electrons. The van der Waals surface area contributed by atoms with Crippen molar-refractivity contribution in [1.29, 1.82) is 0 Å². The monoisotopic (exact) mass is 461 g/mol. The molecule has 6 nitrogen and oxygen atoms in total. The molecule has 1 aliphatic heterocycles. The molecule has 1 saturated heterocycles. The van der Waals surface area contributed by atoms with Crippen LogP contribution in [0.3, 0.4) is 0 Å². The van der Waals surface area contributed by atoms with E-state index in [9.17, 15) is 19.5 Å². The number of hydrogen-bond donors (Lipinski definition) is 1. The summed E-state index contributed by atoms with van der Waals surface area (Å²) in [5.41, 5.74) is 1.72. The first-order valence-corrected chi connectivity index (χ1v) is 10.7. The van der Waals surface area contributed by atoms with Crippen LogP contribution in [0, 0.1) is 0 Å². The minimum absolute atomic E-state index is 0.0250. The molecule has 4 rings (SSSR count). The zero-order chi connectivity index (χ0) is 23.5. The average Bonchev–Trinajstić information content (AvgIpc) is 3.10. The molecule has 0 radical (unpaired) electrons. The summed E-state index contributed by atoms with van der Waals surface area (Å²) in [5, 5.41) is 11.5. The summed E-state index contributed by atoms with van der Waals surface area (Å²) in [6.45, 7) is 1.95. The highest BCUT2D eigenvalue weighted by molar-refractivity contribution is 6.51. The molecule has 3 aromatic carbocycles. The first kappa shape index (κ1) is 22.3. The maximum Gasteiger partial charge on any atom is 0.338 e. The van der Waals surface area contributed by atoms with Crippen molar-refractivity contribution in [2.24, 2.45) is 0 Å². The lowest BCUT2D eigenvalue weighted by Crippen LogP contribution is -2.29. The topological polar surface area (TPSA) is 83.9 Å². The Labute approximate surface area is 195 Å². The van der Waals surface area contributed by atoms with Crippen LogP contribution in [0.2, 0.25) is 5.02 Å². The fraction of sp³-hybridized carbons (Fsp3) is 0.115. The van der Waals surface area contributed by atoms with E-state index in [4.69, 9.17) is 16.3 Å². The number of carbonyl (C=O) groups is 3. The van der Waals surface area contributed by atoms with Gasteiger partial charge in [-0.1, -0.05) is 54.1 Å². The van der Waals surface area contributed by atoms with Gasteiger partial charge in [-0.05, 0) is 48.9 Å². The summed E-state index contributed by atoms with van der Waals surface area (Å²) in [5.74, 6) is -2.33. The Bertz CT molecular complexity index is 1230. The fourth-order valence-corrected chi connectivity index (χ4v) is 3.91. The molecule has 0 spiro atoms. The normalized spacial score (nSPS) is 17.3. The molecule has 1 fully saturated rings. The van der Waals surface area contributed by atoms with E-state index in [0.717, 1.165) is 0 Å². The van der Waals surface area contributed by atoms with Crippen molar-refractivity contribution >= 4 is 40.7 Å². The minimum atomic E-state index is -0.879. The van der Waals surface area contributed by atoms with Crippen molar-refractivity contribution in [2.45, 2.75) is 13.0 Å². The summed E-state index contributed by atoms with van der Waals surface area (Å²) in [7, 11) is 0. The second kappa shape index (κ2) is 9.30. The number of Topliss-reactive ketones (excluding diaryl/α,β-unsaturated/α-hetero) is 1. The maximum absolute atomic E-state index is 13.1. The molecule has 0 aliphatic carbocycles. The van der Waals surface area contributed by atoms with Crippen molar-refractivity contribution in [2.75, 3.05) is 11.5 Å². The number of amides is 1. The van der Waals surface area contributed by atoms with Crippen LogP contribution in [0.4, 0.5) is 5.69 Å². The number of aliphatic hydroxyl groups is 1. The van der Waals surface area contributed by atoms with Crippen molar-refractivity contribution < 1.29 is 24.2 Å². The summed E-state index contributed by atoms with van der Waals surface area (Å²) in [4.78, 5) is 39.6. The molecule has 1 heterocycles. The van der Waals surface area contributed by atoms with E-state index in [2.05, 4.69) is 0 Å². The minimum Gasteiger partial charge on any atom is -0.507 e. The third-order valence-corrected chi connectivity index (χ3v) is 5.59. The number of halogens is 1. The molecule has 33 heavy (non-hydrogen) atoms. The lowest BCUT2D eigenvalue weighted by Gasteiger charge is -2.25. The van der Waals surface area contributed by atoms with Gasteiger partial charge in [0.2, 0.25) is 0 Å². The highest BCUT2D eigenvalue weighted by Gasteiger charge is 2.46. The molecule has 1 unspecified atom stereocenters. The number of anilines is 1. The molecule has 0 aromatic heterocycles. The predicted molar refractivity (Wildman–Crippen MR) is 125 cm³/mol. The Balaban J connectivity index is 1.85. The second-order valence-electron chi connectivity index (χ2n) is 7.35. The van der Waals surface area contributed by atoms with Gasteiger partial charge < -0.3 is 9.84 Å². The highest BCUT2D eigenvalue weighted by atomic mass is 35.5. The van der Waals surface area contributed by atoms with Crippen molar-refractivity contribution in [3.05, 3.63) is 106 Å². The third kappa shape index (κ3) is 4.25. The van der Waals surface area contributed by atoms with Crippen LogP contribution in [0.1, 0.15) is 34.5 Å². The molecule has 0 bridgehead atoms. The van der Waals surface area contributed by atoms with Gasteiger partial charge in [0, 0.05) is 16.3 Å². The van der Waals surface area contributed by atoms with Crippen molar-refractivity contribution in [1.82, 2.24) is 0 Å². The Morgan fingerprint density at radius 1 is 0.939 bits per heavy atom. The molecular weight excluding hydrogens is 442 g/mol. The Kier molecular flexibility index (Phi) is 6.29. The first-order chi connectivity index (χ1) is 15.9. The molecule has 1 aliphatic rings. The number of ether oxygens (including phenoxy) is 1. The largest absolute Gasteiger partial charge is 0.507 e. The zero-order valence-corrected chi connectivity index (χ0v) is 18.5. The van der Waals surface area contributed by atoms with Crippen LogP contribution in [0.15, 0.2) is 84.4 Å². The molecule has 0 saturated carbocycles. The molecule has 1 atom stereocenters. The Hall–Kier alpha value is -3.90. The van der Waals surface area contributed by atoms with E-state index in [0.29, 0.717) is 27.4 Å². The highest BCUT2D eigenvalue weighted by Crippen LogP contribution is 2.42. The molecule has 1 N–H and O–H groups in total. The van der Waals surface area contributed by atoms with Gasteiger partial charge in [0.1, 0.15) is 5.76 Å². The van der Waals surface area contributed by atoms with Crippen LogP contribution in [-0.4, -0.2) is 29.4 Å². The molecule has 1 amide bonds. The lowest BCUT2D eigenvalue weighted by molar-refractivity contribution is -0.132. The standard InChI is InChI=1S/C26H20ClNO5/c1-2-33-26(32)18-10-14-20(15-11-18)28-22(16-8-12-19(27)13-9-16)21(24(30)25(28)31)23(29)17-6-4-3-5-7-17/h3-15,22,29H,2H2,1H3/b23-21-. The Morgan fingerprint density at radius 3 is 2.18 bits per heavy atom. The van der Waals surface area contributed by atoms with Gasteiger partial charge in [-0.25, -0.2) is 4.79 Å². The van der Waals surface area contributed by atoms with Crippen LogP contribution in [0.5, 0.6) is 0 Å². The number of rotatable bonds is 5. The van der Waals surface area contributed by atoms with Crippen LogP contribution < -0.4 is 4.90 Å². The quantitative estimate of drug-likeness (QED) is 0.246. The Morgan fingerprint density at radius 2 is 1.58 bits per heavy atom. The van der Waals surface area contributed by atoms with Crippen LogP contribution in [-0.2, 0) is 14.3 Å². The number of aliphatic hydroxyl groups excluding tert-OH is 1. The van der Waals surface area contributed by atoms with Crippen LogP contribution in [0.25, 0.3) is 5.76 Å².